The van der Waals surface area contributed by atoms with E-state index in [9.17, 15) is 24.9 Å². The molecule has 1 aliphatic heterocycles. The average molecular weight is 388 g/mol. The fraction of sp³-hybridized carbons (Fsp3) is 0.778. The van der Waals surface area contributed by atoms with Crippen molar-refractivity contribution in [3.63, 3.8) is 0 Å². The largest absolute Gasteiger partial charge is 0.481 e. The molecule has 154 valence electrons. The second-order valence-corrected chi connectivity index (χ2v) is 7.03. The minimum absolute atomic E-state index is 0.00443. The number of carbonyl (C=O) groups is 2. The van der Waals surface area contributed by atoms with Crippen LogP contribution < -0.4 is 0 Å². The first-order valence-corrected chi connectivity index (χ1v) is 9.16. The molecule has 9 nitrogen and oxygen atoms in total. The van der Waals surface area contributed by atoms with Crippen LogP contribution in [0.15, 0.2) is 12.2 Å². The first kappa shape index (κ1) is 21.9. The number of aliphatic hydroxyl groups excluding tert-OH is 4. The summed E-state index contributed by atoms with van der Waals surface area (Å²) in [5.41, 5.74) is 0. The Morgan fingerprint density at radius 1 is 1.19 bits per heavy atom. The lowest BCUT2D eigenvalue weighted by molar-refractivity contribution is -0.300. The maximum absolute atomic E-state index is 11.9. The Balaban J connectivity index is 1.73. The zero-order chi connectivity index (χ0) is 20.0. The predicted octanol–water partition coefficient (Wildman–Crippen LogP) is -0.791. The van der Waals surface area contributed by atoms with E-state index in [1.807, 2.05) is 6.08 Å². The van der Waals surface area contributed by atoms with Crippen LogP contribution in [-0.2, 0) is 19.1 Å². The summed E-state index contributed by atoms with van der Waals surface area (Å²) in [6, 6.07) is 0. The van der Waals surface area contributed by atoms with Crippen molar-refractivity contribution in [2.24, 2.45) is 11.8 Å². The number of allylic oxidation sites excluding steroid dienone is 1. The Bertz CT molecular complexity index is 533. The molecule has 2 unspecified atom stereocenters. The summed E-state index contributed by atoms with van der Waals surface area (Å²) in [6.07, 6.45) is -0.898. The Morgan fingerprint density at radius 2 is 1.93 bits per heavy atom. The van der Waals surface area contributed by atoms with Gasteiger partial charge in [-0.15, -0.1) is 0 Å². The molecule has 0 aromatic heterocycles. The smallest absolute Gasteiger partial charge is 0.303 e. The molecule has 2 aliphatic rings. The number of aliphatic carboxylic acids is 1. The van der Waals surface area contributed by atoms with Gasteiger partial charge in [0, 0.05) is 18.8 Å². The molecule has 27 heavy (non-hydrogen) atoms. The molecule has 0 radical (unpaired) electrons. The van der Waals surface area contributed by atoms with Gasteiger partial charge in [0.05, 0.1) is 13.2 Å². The van der Waals surface area contributed by atoms with E-state index in [1.165, 1.54) is 0 Å². The number of ketones is 1. The van der Waals surface area contributed by atoms with Crippen LogP contribution in [-0.4, -0.2) is 81.2 Å². The number of rotatable bonds is 9. The lowest BCUT2D eigenvalue weighted by Crippen LogP contribution is -2.59. The van der Waals surface area contributed by atoms with Crippen LogP contribution in [0.2, 0.25) is 0 Å². The number of carboxylic acid groups (broad SMARTS) is 1. The number of aliphatic hydroxyl groups is 4. The third-order valence-electron chi connectivity index (χ3n) is 5.15. The number of carboxylic acids is 1. The van der Waals surface area contributed by atoms with Crippen LogP contribution in [0.3, 0.4) is 0 Å². The lowest BCUT2D eigenvalue weighted by Gasteiger charge is -2.39. The van der Waals surface area contributed by atoms with Gasteiger partial charge >= 0.3 is 5.97 Å². The summed E-state index contributed by atoms with van der Waals surface area (Å²) in [5.74, 6) is -1.17. The summed E-state index contributed by atoms with van der Waals surface area (Å²) >= 11 is 0. The van der Waals surface area contributed by atoms with E-state index in [0.29, 0.717) is 25.7 Å². The fourth-order valence-electron chi connectivity index (χ4n) is 3.59. The van der Waals surface area contributed by atoms with Crippen molar-refractivity contribution in [2.75, 3.05) is 13.2 Å². The maximum atomic E-state index is 11.9. The van der Waals surface area contributed by atoms with Crippen molar-refractivity contribution in [1.82, 2.24) is 0 Å². The summed E-state index contributed by atoms with van der Waals surface area (Å²) in [4.78, 5) is 22.7. The van der Waals surface area contributed by atoms with Crippen molar-refractivity contribution in [1.29, 1.82) is 0 Å². The van der Waals surface area contributed by atoms with Gasteiger partial charge in [-0.05, 0) is 25.2 Å². The third-order valence-corrected chi connectivity index (χ3v) is 5.15. The van der Waals surface area contributed by atoms with Crippen molar-refractivity contribution in [2.45, 2.75) is 62.8 Å². The molecular weight excluding hydrogens is 360 g/mol. The number of hydrogen-bond acceptors (Lipinski definition) is 8. The lowest BCUT2D eigenvalue weighted by atomic mass is 9.89. The second kappa shape index (κ2) is 10.3. The Hall–Kier alpha value is -1.36. The molecule has 1 aliphatic carbocycles. The standard InChI is InChI=1S/C18H28O9/c19-9-13-15(23)16(24)17(25)18(27-13)26-7-3-1-2-4-11-10(8-14(21)22)5-6-12(11)20/h1-2,10-11,13,15-19,23-25H,3-9H2,(H,21,22)/b2-1+/t10?,11?,13-,15-,16+,17-,18-/m1/s1. The van der Waals surface area contributed by atoms with Gasteiger partial charge in [-0.1, -0.05) is 12.2 Å². The second-order valence-electron chi connectivity index (χ2n) is 7.03. The van der Waals surface area contributed by atoms with Crippen molar-refractivity contribution in [3.8, 4) is 0 Å². The third kappa shape index (κ3) is 5.81. The summed E-state index contributed by atoms with van der Waals surface area (Å²) in [5, 5.41) is 47.3. The van der Waals surface area contributed by atoms with Crippen LogP contribution in [0.4, 0.5) is 0 Å². The molecule has 2 fully saturated rings. The summed E-state index contributed by atoms with van der Waals surface area (Å²) in [6.45, 7) is -0.353. The van der Waals surface area contributed by atoms with Crippen LogP contribution >= 0.6 is 0 Å². The first-order valence-electron chi connectivity index (χ1n) is 9.16. The molecular formula is C18H28O9. The molecule has 1 heterocycles. The van der Waals surface area contributed by atoms with Gasteiger partial charge in [-0.3, -0.25) is 9.59 Å². The van der Waals surface area contributed by atoms with E-state index >= 15 is 0 Å². The molecule has 7 atom stereocenters. The normalized spacial score (nSPS) is 37.2. The molecule has 2 rings (SSSR count). The first-order chi connectivity index (χ1) is 12.8. The highest BCUT2D eigenvalue weighted by Crippen LogP contribution is 2.34. The van der Waals surface area contributed by atoms with Crippen molar-refractivity contribution in [3.05, 3.63) is 12.2 Å². The maximum Gasteiger partial charge on any atom is 0.303 e. The van der Waals surface area contributed by atoms with Gasteiger partial charge in [0.1, 0.15) is 30.2 Å². The van der Waals surface area contributed by atoms with E-state index in [0.717, 1.165) is 0 Å². The van der Waals surface area contributed by atoms with Gasteiger partial charge in [0.25, 0.3) is 0 Å². The fourth-order valence-corrected chi connectivity index (χ4v) is 3.59. The summed E-state index contributed by atoms with van der Waals surface area (Å²) in [7, 11) is 0. The van der Waals surface area contributed by atoms with E-state index in [2.05, 4.69) is 0 Å². The minimum Gasteiger partial charge on any atom is -0.481 e. The van der Waals surface area contributed by atoms with Crippen LogP contribution in [0.5, 0.6) is 0 Å². The Morgan fingerprint density at radius 3 is 2.59 bits per heavy atom. The van der Waals surface area contributed by atoms with Gasteiger partial charge in [-0.2, -0.15) is 0 Å². The van der Waals surface area contributed by atoms with E-state index in [-0.39, 0.29) is 30.6 Å². The number of carbonyl (C=O) groups excluding carboxylic acids is 1. The minimum atomic E-state index is -1.48. The molecule has 9 heteroatoms. The van der Waals surface area contributed by atoms with Crippen LogP contribution in [0.1, 0.15) is 32.1 Å². The molecule has 1 saturated carbocycles. The molecule has 0 amide bonds. The Kier molecular flexibility index (Phi) is 8.33. The number of Topliss-reactive ketones (excluding diaryl/α,β-unsaturated/α-hetero) is 1. The van der Waals surface area contributed by atoms with E-state index in [4.69, 9.17) is 19.7 Å². The van der Waals surface area contributed by atoms with Crippen LogP contribution in [0.25, 0.3) is 0 Å². The molecule has 0 aromatic carbocycles. The number of ether oxygens (including phenoxy) is 2. The highest BCUT2D eigenvalue weighted by molar-refractivity contribution is 5.84. The SMILES string of the molecule is O=C(O)CC1CCC(=O)C1C/C=C/CCO[C@@H]1O[C@H](CO)[C@@H](O)[C@H](O)[C@H]1O. The Labute approximate surface area is 157 Å². The quantitative estimate of drug-likeness (QED) is 0.252. The van der Waals surface area contributed by atoms with Gasteiger partial charge < -0.3 is 35.0 Å². The number of hydrogen-bond donors (Lipinski definition) is 5. The highest BCUT2D eigenvalue weighted by Gasteiger charge is 2.43. The zero-order valence-electron chi connectivity index (χ0n) is 15.0. The van der Waals surface area contributed by atoms with Crippen molar-refractivity contribution >= 4 is 11.8 Å². The monoisotopic (exact) mass is 388 g/mol. The molecule has 0 spiro atoms. The van der Waals surface area contributed by atoms with E-state index in [1.54, 1.807) is 6.08 Å². The zero-order valence-corrected chi connectivity index (χ0v) is 15.0. The summed E-state index contributed by atoms with van der Waals surface area (Å²) < 4.78 is 10.6. The van der Waals surface area contributed by atoms with Gasteiger partial charge in [-0.25, -0.2) is 0 Å². The molecule has 0 bridgehead atoms. The molecule has 0 aromatic rings. The van der Waals surface area contributed by atoms with Crippen LogP contribution in [0, 0.1) is 11.8 Å². The van der Waals surface area contributed by atoms with Gasteiger partial charge in [0.15, 0.2) is 6.29 Å². The average Bonchev–Trinajstić information content (AvgIpc) is 2.96. The topological polar surface area (TPSA) is 154 Å². The predicted molar refractivity (Wildman–Crippen MR) is 91.6 cm³/mol. The van der Waals surface area contributed by atoms with Crippen molar-refractivity contribution < 1.29 is 44.6 Å². The molecule has 1 saturated heterocycles. The molecule has 5 N–H and O–H groups in total. The van der Waals surface area contributed by atoms with E-state index < -0.39 is 43.3 Å². The highest BCUT2D eigenvalue weighted by atomic mass is 16.7. The van der Waals surface area contributed by atoms with Gasteiger partial charge in [0.2, 0.25) is 0 Å².